The second-order valence-electron chi connectivity index (χ2n) is 7.62. The quantitative estimate of drug-likeness (QED) is 0.598. The number of pyridine rings is 1. The van der Waals surface area contributed by atoms with E-state index >= 15 is 0 Å². The number of rotatable bonds is 8. The zero-order valence-corrected chi connectivity index (χ0v) is 18.1. The molecule has 8 heteroatoms. The van der Waals surface area contributed by atoms with Gasteiger partial charge in [-0.15, -0.1) is 5.10 Å². The number of benzene rings is 1. The van der Waals surface area contributed by atoms with Gasteiger partial charge in [-0.1, -0.05) is 47.8 Å². The lowest BCUT2D eigenvalue weighted by Gasteiger charge is -2.34. The maximum atomic E-state index is 13.5. The molecule has 2 aromatic heterocycles. The first-order valence-electron chi connectivity index (χ1n) is 9.75. The van der Waals surface area contributed by atoms with Crippen molar-refractivity contribution in [2.45, 2.75) is 45.3 Å². The Balaban J connectivity index is 2.05. The van der Waals surface area contributed by atoms with E-state index in [1.807, 2.05) is 57.2 Å². The Morgan fingerprint density at radius 2 is 1.93 bits per heavy atom. The van der Waals surface area contributed by atoms with Crippen LogP contribution in [0.4, 0.5) is 0 Å². The second-order valence-corrected chi connectivity index (χ2v) is 8.23. The molecule has 0 aliphatic carbocycles. The van der Waals surface area contributed by atoms with Crippen LogP contribution in [0.2, 0.25) is 0 Å². The van der Waals surface area contributed by atoms with Gasteiger partial charge in [-0.2, -0.15) is 0 Å². The molecule has 2 amide bonds. The number of aromatic nitrogens is 3. The van der Waals surface area contributed by atoms with Crippen molar-refractivity contribution in [3.63, 3.8) is 0 Å². The summed E-state index contributed by atoms with van der Waals surface area (Å²) in [7, 11) is 0. The Kier molecular flexibility index (Phi) is 6.89. The van der Waals surface area contributed by atoms with Crippen molar-refractivity contribution in [1.82, 2.24) is 24.8 Å². The largest absolute Gasteiger partial charge is 0.349 e. The van der Waals surface area contributed by atoms with Crippen LogP contribution in [-0.4, -0.2) is 36.8 Å². The van der Waals surface area contributed by atoms with Gasteiger partial charge in [0.15, 0.2) is 5.69 Å². The molecule has 1 atom stereocenters. The van der Waals surface area contributed by atoms with Crippen LogP contribution in [0, 0.1) is 0 Å². The number of carbonyl (C=O) groups excluding carboxylic acids is 2. The topological polar surface area (TPSA) is 88.1 Å². The molecule has 0 bridgehead atoms. The van der Waals surface area contributed by atoms with Gasteiger partial charge in [0.25, 0.3) is 5.91 Å². The van der Waals surface area contributed by atoms with E-state index in [0.717, 1.165) is 29.1 Å². The van der Waals surface area contributed by atoms with Crippen LogP contribution in [0.15, 0.2) is 60.2 Å². The van der Waals surface area contributed by atoms with Crippen molar-refractivity contribution < 1.29 is 9.59 Å². The maximum absolute atomic E-state index is 13.5. The zero-order valence-electron chi connectivity index (χ0n) is 17.3. The molecule has 1 N–H and O–H groups in total. The SMILES string of the molecule is CCC(C)(C)NC(=O)[C@@H](c1ccccc1)N(Cc1cccnc1)C(=O)c1csnn1. The molecule has 0 aliphatic rings. The summed E-state index contributed by atoms with van der Waals surface area (Å²) in [6.45, 7) is 6.15. The monoisotopic (exact) mass is 423 g/mol. The van der Waals surface area contributed by atoms with Crippen LogP contribution < -0.4 is 5.32 Å². The summed E-state index contributed by atoms with van der Waals surface area (Å²) in [5.41, 5.74) is 1.35. The minimum absolute atomic E-state index is 0.212. The van der Waals surface area contributed by atoms with Crippen LogP contribution in [0.1, 0.15) is 54.8 Å². The third-order valence-electron chi connectivity index (χ3n) is 4.94. The standard InChI is InChI=1S/C22H25N5O2S/c1-4-22(2,3)24-20(28)19(17-10-6-5-7-11-17)27(14-16-9-8-12-23-13-16)21(29)18-15-30-26-25-18/h5-13,15,19H,4,14H2,1-3H3,(H,24,28)/t19-/m1/s1. The third kappa shape index (κ3) is 5.27. The van der Waals surface area contributed by atoms with Crippen LogP contribution >= 0.6 is 11.5 Å². The molecular weight excluding hydrogens is 398 g/mol. The second kappa shape index (κ2) is 9.58. The van der Waals surface area contributed by atoms with Gasteiger partial charge in [-0.3, -0.25) is 14.6 Å². The van der Waals surface area contributed by atoms with Crippen LogP contribution in [0.25, 0.3) is 0 Å². The summed E-state index contributed by atoms with van der Waals surface area (Å²) < 4.78 is 3.81. The molecule has 0 saturated heterocycles. The van der Waals surface area contributed by atoms with Crippen molar-refractivity contribution in [2.24, 2.45) is 0 Å². The number of nitrogens with one attached hydrogen (secondary N) is 1. The molecule has 30 heavy (non-hydrogen) atoms. The Hall–Kier alpha value is -3.13. The highest BCUT2D eigenvalue weighted by molar-refractivity contribution is 7.03. The molecule has 7 nitrogen and oxygen atoms in total. The van der Waals surface area contributed by atoms with E-state index in [-0.39, 0.29) is 24.1 Å². The summed E-state index contributed by atoms with van der Waals surface area (Å²) in [6, 6.07) is 12.2. The molecule has 3 aromatic rings. The summed E-state index contributed by atoms with van der Waals surface area (Å²) in [5, 5.41) is 8.62. The van der Waals surface area contributed by atoms with E-state index in [4.69, 9.17) is 0 Å². The average Bonchev–Trinajstić information content (AvgIpc) is 3.29. The van der Waals surface area contributed by atoms with Crippen molar-refractivity contribution >= 4 is 23.3 Å². The minimum atomic E-state index is -0.827. The van der Waals surface area contributed by atoms with Gasteiger partial charge in [-0.05, 0) is 49.0 Å². The molecule has 2 heterocycles. The molecule has 3 rings (SSSR count). The molecule has 0 saturated carbocycles. The van der Waals surface area contributed by atoms with Gasteiger partial charge >= 0.3 is 0 Å². The lowest BCUT2D eigenvalue weighted by atomic mass is 9.98. The van der Waals surface area contributed by atoms with Crippen molar-refractivity contribution in [1.29, 1.82) is 0 Å². The number of nitrogens with zero attached hydrogens (tertiary/aromatic N) is 4. The number of hydrogen-bond donors (Lipinski definition) is 1. The zero-order chi connectivity index (χ0) is 21.6. The Labute approximate surface area is 180 Å². The highest BCUT2D eigenvalue weighted by Gasteiger charge is 2.35. The van der Waals surface area contributed by atoms with Crippen molar-refractivity contribution in [3.8, 4) is 0 Å². The van der Waals surface area contributed by atoms with Crippen LogP contribution in [0.3, 0.4) is 0 Å². The molecule has 0 radical (unpaired) electrons. The van der Waals surface area contributed by atoms with E-state index in [9.17, 15) is 9.59 Å². The van der Waals surface area contributed by atoms with E-state index < -0.39 is 11.6 Å². The molecule has 156 valence electrons. The van der Waals surface area contributed by atoms with E-state index in [2.05, 4.69) is 19.9 Å². The van der Waals surface area contributed by atoms with Gasteiger partial charge < -0.3 is 10.2 Å². The lowest BCUT2D eigenvalue weighted by molar-refractivity contribution is -0.127. The van der Waals surface area contributed by atoms with Crippen LogP contribution in [-0.2, 0) is 11.3 Å². The molecule has 0 aliphatic heterocycles. The summed E-state index contributed by atoms with van der Waals surface area (Å²) in [4.78, 5) is 32.5. The minimum Gasteiger partial charge on any atom is -0.349 e. The fourth-order valence-corrected chi connectivity index (χ4v) is 3.40. The molecular formula is C22H25N5O2S. The van der Waals surface area contributed by atoms with Gasteiger partial charge in [0.2, 0.25) is 5.91 Å². The van der Waals surface area contributed by atoms with E-state index in [1.54, 1.807) is 23.8 Å². The highest BCUT2D eigenvalue weighted by Crippen LogP contribution is 2.26. The van der Waals surface area contributed by atoms with E-state index in [0.29, 0.717) is 0 Å². The highest BCUT2D eigenvalue weighted by atomic mass is 32.1. The fourth-order valence-electron chi connectivity index (χ4n) is 2.97. The normalized spacial score (nSPS) is 12.2. The number of hydrogen-bond acceptors (Lipinski definition) is 6. The van der Waals surface area contributed by atoms with E-state index in [1.165, 1.54) is 4.90 Å². The number of carbonyl (C=O) groups is 2. The van der Waals surface area contributed by atoms with Gasteiger partial charge in [-0.25, -0.2) is 0 Å². The first kappa shape index (κ1) is 21.6. The Morgan fingerprint density at radius 1 is 1.17 bits per heavy atom. The third-order valence-corrected chi connectivity index (χ3v) is 5.44. The number of amides is 2. The molecule has 1 aromatic carbocycles. The molecule has 0 spiro atoms. The van der Waals surface area contributed by atoms with Crippen molar-refractivity contribution in [3.05, 3.63) is 77.1 Å². The van der Waals surface area contributed by atoms with Gasteiger partial charge in [0.1, 0.15) is 6.04 Å². The van der Waals surface area contributed by atoms with Gasteiger partial charge in [0.05, 0.1) is 0 Å². The van der Waals surface area contributed by atoms with Crippen molar-refractivity contribution in [2.75, 3.05) is 0 Å². The maximum Gasteiger partial charge on any atom is 0.276 e. The lowest BCUT2D eigenvalue weighted by Crippen LogP contribution is -2.50. The smallest absolute Gasteiger partial charge is 0.276 e. The Bertz CT molecular complexity index is 962. The van der Waals surface area contributed by atoms with Crippen LogP contribution in [0.5, 0.6) is 0 Å². The summed E-state index contributed by atoms with van der Waals surface area (Å²) in [5.74, 6) is -0.598. The fraction of sp³-hybridized carbons (Fsp3) is 0.318. The first-order valence-corrected chi connectivity index (χ1v) is 10.6. The first-order chi connectivity index (χ1) is 14.4. The predicted octanol–water partition coefficient (Wildman–Crippen LogP) is 3.62. The Morgan fingerprint density at radius 3 is 2.53 bits per heavy atom. The molecule has 0 fully saturated rings. The summed E-state index contributed by atoms with van der Waals surface area (Å²) in [6.07, 6.45) is 4.12. The average molecular weight is 424 g/mol. The predicted molar refractivity (Wildman–Crippen MR) is 116 cm³/mol. The summed E-state index contributed by atoms with van der Waals surface area (Å²) >= 11 is 1.10. The van der Waals surface area contributed by atoms with Gasteiger partial charge in [0, 0.05) is 29.9 Å². The molecule has 0 unspecified atom stereocenters.